The molecular formula is C18H21N3O3. The van der Waals surface area contributed by atoms with Gasteiger partial charge in [-0.1, -0.05) is 18.2 Å². The van der Waals surface area contributed by atoms with Crippen molar-refractivity contribution in [3.8, 4) is 11.5 Å². The largest absolute Gasteiger partial charge is 0.497 e. The zero-order valence-electron chi connectivity index (χ0n) is 14.0. The molecule has 2 aromatic carbocycles. The van der Waals surface area contributed by atoms with Crippen molar-refractivity contribution in [1.82, 2.24) is 5.43 Å². The van der Waals surface area contributed by atoms with Gasteiger partial charge >= 0.3 is 0 Å². The maximum absolute atomic E-state index is 11.9. The normalized spacial score (nSPS) is 10.9. The maximum Gasteiger partial charge on any atom is 0.259 e. The van der Waals surface area contributed by atoms with E-state index in [0.717, 1.165) is 11.3 Å². The van der Waals surface area contributed by atoms with Crippen LogP contribution in [0.2, 0.25) is 0 Å². The molecule has 0 aliphatic rings. The van der Waals surface area contributed by atoms with Gasteiger partial charge in [0.15, 0.2) is 0 Å². The first kappa shape index (κ1) is 17.3. The molecule has 0 saturated carbocycles. The smallest absolute Gasteiger partial charge is 0.259 e. The number of hydrogen-bond donors (Lipinski definition) is 2. The van der Waals surface area contributed by atoms with Crippen LogP contribution in [0.5, 0.6) is 11.5 Å². The van der Waals surface area contributed by atoms with Crippen molar-refractivity contribution >= 4 is 17.3 Å². The molecule has 0 radical (unpaired) electrons. The van der Waals surface area contributed by atoms with Crippen molar-refractivity contribution in [2.45, 2.75) is 6.92 Å². The van der Waals surface area contributed by atoms with Crippen molar-refractivity contribution in [2.75, 3.05) is 26.1 Å². The number of carbonyl (C=O) groups is 1. The van der Waals surface area contributed by atoms with Gasteiger partial charge in [0.2, 0.25) is 0 Å². The number of nitrogens with zero attached hydrogens (tertiary/aromatic N) is 1. The summed E-state index contributed by atoms with van der Waals surface area (Å²) in [4.78, 5) is 11.9. The number of carbonyl (C=O) groups excluding carboxylic acids is 1. The Morgan fingerprint density at radius 1 is 1.08 bits per heavy atom. The van der Waals surface area contributed by atoms with Gasteiger partial charge in [-0.25, -0.2) is 5.43 Å². The number of methoxy groups -OCH3 is 2. The molecule has 0 aromatic heterocycles. The van der Waals surface area contributed by atoms with E-state index in [1.54, 1.807) is 33.3 Å². The average molecular weight is 327 g/mol. The lowest BCUT2D eigenvalue weighted by Gasteiger charge is -2.10. The summed E-state index contributed by atoms with van der Waals surface area (Å²) in [6.45, 7) is 1.93. The number of anilines is 1. The quantitative estimate of drug-likeness (QED) is 0.606. The molecule has 1 amide bonds. The van der Waals surface area contributed by atoms with Crippen LogP contribution >= 0.6 is 0 Å². The van der Waals surface area contributed by atoms with E-state index in [2.05, 4.69) is 15.8 Å². The van der Waals surface area contributed by atoms with Crippen LogP contribution in [0.3, 0.4) is 0 Å². The molecular weight excluding hydrogens is 306 g/mol. The van der Waals surface area contributed by atoms with Crippen molar-refractivity contribution in [1.29, 1.82) is 0 Å². The highest BCUT2D eigenvalue weighted by atomic mass is 16.5. The molecule has 0 bridgehead atoms. The first-order valence-corrected chi connectivity index (χ1v) is 7.48. The van der Waals surface area contributed by atoms with Gasteiger partial charge in [-0.15, -0.1) is 0 Å². The summed E-state index contributed by atoms with van der Waals surface area (Å²) >= 11 is 0. The first-order valence-electron chi connectivity index (χ1n) is 7.48. The van der Waals surface area contributed by atoms with Crippen LogP contribution in [-0.4, -0.2) is 32.4 Å². The van der Waals surface area contributed by atoms with Crippen LogP contribution in [0.4, 0.5) is 5.69 Å². The van der Waals surface area contributed by atoms with E-state index in [1.165, 1.54) is 0 Å². The molecule has 0 heterocycles. The number of ether oxygens (including phenoxy) is 2. The summed E-state index contributed by atoms with van der Waals surface area (Å²) in [5, 5.41) is 7.15. The highest BCUT2D eigenvalue weighted by Crippen LogP contribution is 2.24. The SMILES string of the molecule is COc1ccc(OC)c(/C(C)=N\NC(=O)CNc2ccccc2)c1. The number of hydrazone groups is 1. The molecule has 6 nitrogen and oxygen atoms in total. The Balaban J connectivity index is 1.99. The Morgan fingerprint density at radius 2 is 1.83 bits per heavy atom. The molecule has 0 aliphatic carbocycles. The molecule has 0 aliphatic heterocycles. The summed E-state index contributed by atoms with van der Waals surface area (Å²) in [7, 11) is 3.18. The van der Waals surface area contributed by atoms with Gasteiger partial charge in [0, 0.05) is 11.3 Å². The second-order valence-corrected chi connectivity index (χ2v) is 5.02. The van der Waals surface area contributed by atoms with E-state index in [1.807, 2.05) is 36.4 Å². The fourth-order valence-corrected chi connectivity index (χ4v) is 2.08. The molecule has 24 heavy (non-hydrogen) atoms. The molecule has 0 atom stereocenters. The minimum absolute atomic E-state index is 0.135. The number of rotatable bonds is 7. The van der Waals surface area contributed by atoms with E-state index >= 15 is 0 Å². The molecule has 0 saturated heterocycles. The van der Waals surface area contributed by atoms with Gasteiger partial charge in [0.1, 0.15) is 11.5 Å². The highest BCUT2D eigenvalue weighted by molar-refractivity contribution is 6.02. The number of nitrogens with one attached hydrogen (secondary N) is 2. The van der Waals surface area contributed by atoms with Crippen LogP contribution in [-0.2, 0) is 4.79 Å². The van der Waals surface area contributed by atoms with Crippen LogP contribution in [0.15, 0.2) is 53.6 Å². The number of benzene rings is 2. The second-order valence-electron chi connectivity index (χ2n) is 5.02. The minimum atomic E-state index is -0.236. The molecule has 126 valence electrons. The fourth-order valence-electron chi connectivity index (χ4n) is 2.08. The van der Waals surface area contributed by atoms with E-state index in [9.17, 15) is 4.79 Å². The lowest BCUT2D eigenvalue weighted by molar-refractivity contribution is -0.119. The predicted octanol–water partition coefficient (Wildman–Crippen LogP) is 2.66. The third kappa shape index (κ3) is 4.74. The predicted molar refractivity (Wildman–Crippen MR) is 94.8 cm³/mol. The molecule has 6 heteroatoms. The Hall–Kier alpha value is -3.02. The standard InChI is InChI=1S/C18H21N3O3/c1-13(16-11-15(23-2)9-10-17(16)24-3)20-21-18(22)12-19-14-7-5-4-6-8-14/h4-11,19H,12H2,1-3H3,(H,21,22)/b20-13-. The molecule has 0 fully saturated rings. The van der Waals surface area contributed by atoms with Crippen molar-refractivity contribution in [3.05, 3.63) is 54.1 Å². The van der Waals surface area contributed by atoms with Crippen molar-refractivity contribution < 1.29 is 14.3 Å². The number of para-hydroxylation sites is 1. The fraction of sp³-hybridized carbons (Fsp3) is 0.222. The summed E-state index contributed by atoms with van der Waals surface area (Å²) in [6.07, 6.45) is 0. The molecule has 2 aromatic rings. The zero-order chi connectivity index (χ0) is 17.4. The van der Waals surface area contributed by atoms with Crippen molar-refractivity contribution in [3.63, 3.8) is 0 Å². The third-order valence-electron chi connectivity index (χ3n) is 3.37. The minimum Gasteiger partial charge on any atom is -0.497 e. The maximum atomic E-state index is 11.9. The number of hydrogen-bond acceptors (Lipinski definition) is 5. The Kier molecular flexibility index (Phi) is 6.19. The Morgan fingerprint density at radius 3 is 2.50 bits per heavy atom. The highest BCUT2D eigenvalue weighted by Gasteiger charge is 2.09. The zero-order valence-corrected chi connectivity index (χ0v) is 14.0. The van der Waals surface area contributed by atoms with Gasteiger partial charge < -0.3 is 14.8 Å². The molecule has 0 unspecified atom stereocenters. The lowest BCUT2D eigenvalue weighted by Crippen LogP contribution is -2.26. The van der Waals surface area contributed by atoms with E-state index < -0.39 is 0 Å². The van der Waals surface area contributed by atoms with Crippen LogP contribution in [0.1, 0.15) is 12.5 Å². The average Bonchev–Trinajstić information content (AvgIpc) is 2.64. The second kappa shape index (κ2) is 8.57. The number of amides is 1. The summed E-state index contributed by atoms with van der Waals surface area (Å²) < 4.78 is 10.5. The van der Waals surface area contributed by atoms with Gasteiger partial charge in [-0.3, -0.25) is 4.79 Å². The van der Waals surface area contributed by atoms with Crippen molar-refractivity contribution in [2.24, 2.45) is 5.10 Å². The molecule has 2 N–H and O–H groups in total. The Labute approximate surface area is 141 Å². The topological polar surface area (TPSA) is 72.0 Å². The van der Waals surface area contributed by atoms with E-state index in [-0.39, 0.29) is 12.5 Å². The van der Waals surface area contributed by atoms with E-state index in [0.29, 0.717) is 17.2 Å². The van der Waals surface area contributed by atoms with Crippen LogP contribution in [0.25, 0.3) is 0 Å². The first-order chi connectivity index (χ1) is 11.6. The van der Waals surface area contributed by atoms with Gasteiger partial charge in [0.25, 0.3) is 5.91 Å². The molecule has 0 spiro atoms. The summed E-state index contributed by atoms with van der Waals surface area (Å²) in [6, 6.07) is 14.9. The van der Waals surface area contributed by atoms with Gasteiger partial charge in [-0.2, -0.15) is 5.10 Å². The summed E-state index contributed by atoms with van der Waals surface area (Å²) in [5.41, 5.74) is 4.79. The van der Waals surface area contributed by atoms with Crippen LogP contribution in [0, 0.1) is 0 Å². The summed E-state index contributed by atoms with van der Waals surface area (Å²) in [5.74, 6) is 1.12. The monoisotopic (exact) mass is 327 g/mol. The lowest BCUT2D eigenvalue weighted by atomic mass is 10.1. The van der Waals surface area contributed by atoms with Crippen LogP contribution < -0.4 is 20.2 Å². The Bertz CT molecular complexity index is 715. The van der Waals surface area contributed by atoms with Gasteiger partial charge in [-0.05, 0) is 37.3 Å². The van der Waals surface area contributed by atoms with Gasteiger partial charge in [0.05, 0.1) is 26.5 Å². The molecule has 2 rings (SSSR count). The van der Waals surface area contributed by atoms with E-state index in [4.69, 9.17) is 9.47 Å². The third-order valence-corrected chi connectivity index (χ3v) is 3.37.